The van der Waals surface area contributed by atoms with Crippen LogP contribution in [0.4, 0.5) is 14.6 Å². The molecule has 6 heterocycles. The monoisotopic (exact) mass is 881 g/mol. The Hall–Kier alpha value is -4.87. The van der Waals surface area contributed by atoms with Gasteiger partial charge in [-0.15, -0.1) is 0 Å². The molecule has 0 aliphatic carbocycles. The van der Waals surface area contributed by atoms with Crippen molar-refractivity contribution < 1.29 is 65.0 Å². The second kappa shape index (κ2) is 16.3. The Bertz CT molecular complexity index is 2590. The molecule has 8 rings (SSSR count). The van der Waals surface area contributed by atoms with E-state index in [9.17, 15) is 33.5 Å². The number of aromatic nitrogens is 6. The number of phosphoric ester groups is 1. The lowest BCUT2D eigenvalue weighted by Gasteiger charge is -2.27. The summed E-state index contributed by atoms with van der Waals surface area (Å²) in [6.45, 7) is -6.50. The summed E-state index contributed by atoms with van der Waals surface area (Å²) in [5.41, 5.74) is 4.85. The number of benzene rings is 2. The molecule has 3 aliphatic rings. The number of alkyl halides is 2. The Morgan fingerprint density at radius 2 is 1.64 bits per heavy atom. The highest BCUT2D eigenvalue weighted by molar-refractivity contribution is 8.54. The molecule has 26 heteroatoms. The van der Waals surface area contributed by atoms with Gasteiger partial charge in [0, 0.05) is 18.0 Å². The molecule has 21 nitrogen and oxygen atoms in total. The fraction of sp³-hybridized carbons (Fsp3) is 0.333. The number of esters is 1. The van der Waals surface area contributed by atoms with E-state index in [1.165, 1.54) is 48.5 Å². The smallest absolute Gasteiger partial charge is 0.472 e. The summed E-state index contributed by atoms with van der Waals surface area (Å²) >= 11 is 0.561. The number of H-pyrrole nitrogens is 1. The fourth-order valence-corrected chi connectivity index (χ4v) is 10.7. The minimum Gasteiger partial charge on any atom is -0.508 e. The number of carbonyl (C=O) groups excluding carboxylic acids is 1. The molecular formula is C33H31F2N7O14P2S. The van der Waals surface area contributed by atoms with Crippen LogP contribution in [0.1, 0.15) is 28.4 Å². The van der Waals surface area contributed by atoms with Crippen molar-refractivity contribution in [1.82, 2.24) is 29.1 Å². The van der Waals surface area contributed by atoms with Gasteiger partial charge in [0.25, 0.3) is 5.56 Å². The highest BCUT2D eigenvalue weighted by Gasteiger charge is 2.55. The van der Waals surface area contributed by atoms with Crippen LogP contribution >= 0.6 is 26.0 Å². The largest absolute Gasteiger partial charge is 0.508 e. The maximum atomic E-state index is 16.7. The number of anilines is 1. The van der Waals surface area contributed by atoms with Crippen LogP contribution in [0.15, 0.2) is 83.0 Å². The highest BCUT2D eigenvalue weighted by atomic mass is 32.7. The Kier molecular flexibility index (Phi) is 11.3. The molecule has 3 saturated heterocycles. The number of hydrogen-bond acceptors (Lipinski definition) is 18. The zero-order valence-electron chi connectivity index (χ0n) is 29.8. The minimum atomic E-state index is -5.31. The number of imidazole rings is 1. The number of carbonyl (C=O) groups is 1. The summed E-state index contributed by atoms with van der Waals surface area (Å²) in [5.74, 6) is -0.746. The number of hydrogen-bond donors (Lipinski definition) is 4. The number of halogens is 2. The minimum absolute atomic E-state index is 0.0223. The number of aromatic amines is 1. The Balaban J connectivity index is 1.08. The fourth-order valence-electron chi connectivity index (χ4n) is 6.36. The highest BCUT2D eigenvalue weighted by Crippen LogP contribution is 2.65. The van der Waals surface area contributed by atoms with E-state index >= 15 is 8.78 Å². The van der Waals surface area contributed by atoms with Crippen LogP contribution in [0.3, 0.4) is 0 Å². The summed E-state index contributed by atoms with van der Waals surface area (Å²) in [5, 5.41) is 9.49. The molecule has 59 heavy (non-hydrogen) atoms. The van der Waals surface area contributed by atoms with Crippen LogP contribution in [0, 0.1) is 0 Å². The van der Waals surface area contributed by atoms with Crippen molar-refractivity contribution in [2.75, 3.05) is 18.9 Å². The summed E-state index contributed by atoms with van der Waals surface area (Å²) < 4.78 is 102. The van der Waals surface area contributed by atoms with Gasteiger partial charge >= 0.3 is 26.3 Å². The number of phenolic OH excluding ortho intramolecular Hbond substituents is 1. The van der Waals surface area contributed by atoms with Crippen molar-refractivity contribution in [2.24, 2.45) is 0 Å². The lowest BCUT2D eigenvalue weighted by Crippen LogP contribution is -2.37. The van der Waals surface area contributed by atoms with Gasteiger partial charge in [0.15, 0.2) is 36.3 Å². The van der Waals surface area contributed by atoms with Gasteiger partial charge in [-0.3, -0.25) is 37.0 Å². The molecule has 5 N–H and O–H groups in total. The molecule has 2 unspecified atom stereocenters. The zero-order valence-corrected chi connectivity index (χ0v) is 32.4. The SMILES string of the molecule is Nc1ncnc2c1ncn2[C@@H]1OC2COP(=O)(O)O[C@@H]3[C@H](F)[C@@H](CO[P@@](=O)(SCc4ccc(OC(=O)c5ccc(O)cc5)cc4)O[C@H]2[C@H]1F)O[C@H]3n1ccc(=O)[nH]c1=O. The number of ether oxygens (including phenoxy) is 3. The Morgan fingerprint density at radius 3 is 2.39 bits per heavy atom. The molecule has 5 aromatic rings. The molecule has 312 valence electrons. The maximum Gasteiger partial charge on any atom is 0.472 e. The molecule has 10 atom stereocenters. The Morgan fingerprint density at radius 1 is 0.915 bits per heavy atom. The lowest BCUT2D eigenvalue weighted by atomic mass is 10.1. The van der Waals surface area contributed by atoms with Gasteiger partial charge < -0.3 is 29.9 Å². The van der Waals surface area contributed by atoms with E-state index < -0.39 is 94.3 Å². The standard InChI is InChI=1S/C33H31F2N7O14P2S/c34-23-20-11-51-58(49,59-13-16-1-7-19(8-2-16)52-32(45)17-3-5-18(43)6-4-17)56-26-21(54-30(24(26)35)42-15-39-25-28(36)37-14-38-29(25)42)12-50-57(47,48)55-27(23)31(53-20)41-10-9-22(44)40-33(41)46/h1-10,14-15,20-21,23-24,26-27,30-31,43H,11-13H2,(H,47,48)(H2,36,37,38)(H,40,44,46)/t20-,21?,23-,24-,26-,27-,30-,31-,58-/m1/s1. The van der Waals surface area contributed by atoms with E-state index in [1.807, 2.05) is 4.98 Å². The first kappa shape index (κ1) is 40.9. The molecular weight excluding hydrogens is 850 g/mol. The van der Waals surface area contributed by atoms with Crippen LogP contribution in [0.2, 0.25) is 0 Å². The Labute approximate surface area is 333 Å². The number of nitrogen functional groups attached to an aromatic ring is 1. The topological polar surface area (TPSA) is 281 Å². The van der Waals surface area contributed by atoms with Gasteiger partial charge in [-0.05, 0) is 53.3 Å². The van der Waals surface area contributed by atoms with Crippen LogP contribution in [0.5, 0.6) is 11.5 Å². The van der Waals surface area contributed by atoms with Crippen LogP contribution in [-0.2, 0) is 42.5 Å². The van der Waals surface area contributed by atoms with Crippen LogP contribution < -0.4 is 21.7 Å². The number of fused-ring (bicyclic) bond motifs is 4. The van der Waals surface area contributed by atoms with Gasteiger partial charge in [0.05, 0.1) is 25.1 Å². The zero-order chi connectivity index (χ0) is 41.6. The van der Waals surface area contributed by atoms with E-state index in [4.69, 9.17) is 38.0 Å². The molecule has 0 saturated carbocycles. The second-order valence-corrected chi connectivity index (χ2v) is 18.6. The average Bonchev–Trinajstić information content (AvgIpc) is 3.86. The van der Waals surface area contributed by atoms with Crippen molar-refractivity contribution in [3.8, 4) is 11.5 Å². The number of aromatic hydroxyl groups is 1. The molecule has 2 aromatic carbocycles. The van der Waals surface area contributed by atoms with Gasteiger partial charge in [0.2, 0.25) is 0 Å². The third-order valence-corrected chi connectivity index (χ3v) is 13.9. The van der Waals surface area contributed by atoms with E-state index in [2.05, 4.69) is 15.0 Å². The molecule has 2 bridgehead atoms. The van der Waals surface area contributed by atoms with Crippen molar-refractivity contribution >= 4 is 49.0 Å². The van der Waals surface area contributed by atoms with E-state index in [1.54, 1.807) is 0 Å². The molecule has 3 aromatic heterocycles. The van der Waals surface area contributed by atoms with Gasteiger partial charge in [-0.1, -0.05) is 12.1 Å². The predicted octanol–water partition coefficient (Wildman–Crippen LogP) is 3.31. The van der Waals surface area contributed by atoms with E-state index in [0.29, 0.717) is 21.5 Å². The normalized spacial score (nSPS) is 31.2. The molecule has 0 spiro atoms. The third-order valence-electron chi connectivity index (χ3n) is 9.25. The van der Waals surface area contributed by atoms with Crippen molar-refractivity contribution in [1.29, 1.82) is 0 Å². The van der Waals surface area contributed by atoms with E-state index in [0.717, 1.165) is 29.5 Å². The molecule has 0 amide bonds. The summed E-state index contributed by atoms with van der Waals surface area (Å²) in [6, 6.07) is 12.3. The summed E-state index contributed by atoms with van der Waals surface area (Å²) in [4.78, 5) is 61.8. The second-order valence-electron chi connectivity index (χ2n) is 13.1. The predicted molar refractivity (Wildman–Crippen MR) is 199 cm³/mol. The van der Waals surface area contributed by atoms with Gasteiger partial charge in [0.1, 0.15) is 47.8 Å². The summed E-state index contributed by atoms with van der Waals surface area (Å²) in [7, 11) is -5.31. The maximum absolute atomic E-state index is 16.7. The average molecular weight is 882 g/mol. The first-order valence-corrected chi connectivity index (χ1v) is 22.0. The summed E-state index contributed by atoms with van der Waals surface area (Å²) in [6.07, 6.45) is -11.9. The van der Waals surface area contributed by atoms with E-state index in [-0.39, 0.29) is 39.8 Å². The van der Waals surface area contributed by atoms with Crippen LogP contribution in [0.25, 0.3) is 11.2 Å². The van der Waals surface area contributed by atoms with Crippen LogP contribution in [-0.4, -0.2) is 95.0 Å². The van der Waals surface area contributed by atoms with Crippen molar-refractivity contribution in [2.45, 2.75) is 55.0 Å². The van der Waals surface area contributed by atoms with Gasteiger partial charge in [-0.25, -0.2) is 42.5 Å². The molecule has 3 aliphatic heterocycles. The first-order chi connectivity index (χ1) is 28.2. The lowest BCUT2D eigenvalue weighted by molar-refractivity contribution is -0.0652. The first-order valence-electron chi connectivity index (χ1n) is 17.3. The quantitative estimate of drug-likeness (QED) is 0.104. The number of phenols is 1. The number of nitrogens with one attached hydrogen (secondary N) is 1. The van der Waals surface area contributed by atoms with Gasteiger partial charge in [-0.2, -0.15) is 0 Å². The number of nitrogens with zero attached hydrogens (tertiary/aromatic N) is 5. The van der Waals surface area contributed by atoms with Crippen molar-refractivity contribution in [3.63, 3.8) is 0 Å². The number of phosphoric acid groups is 1. The number of nitrogens with two attached hydrogens (primary N) is 1. The molecule has 0 radical (unpaired) electrons. The van der Waals surface area contributed by atoms with Crippen molar-refractivity contribution in [3.05, 3.63) is 105 Å². The molecule has 3 fully saturated rings. The third kappa shape index (κ3) is 8.59. The number of rotatable bonds is 7.